The molecule has 6 heterocycles. The van der Waals surface area contributed by atoms with Crippen molar-refractivity contribution in [2.45, 2.75) is 90.6 Å². The first-order valence-corrected chi connectivity index (χ1v) is 31.4. The Bertz CT molecular complexity index is 3570. The Balaban J connectivity index is 0.747. The molecule has 466 valence electrons. The number of piperidine rings is 1. The van der Waals surface area contributed by atoms with Crippen LogP contribution in [0.3, 0.4) is 0 Å². The van der Waals surface area contributed by atoms with Crippen LogP contribution in [-0.2, 0) is 28.7 Å². The van der Waals surface area contributed by atoms with Crippen molar-refractivity contribution in [3.63, 3.8) is 0 Å². The fraction of sp³-hybridized carbons (Fsp3) is 0.477. The third-order valence-corrected chi connectivity index (χ3v) is 18.3. The van der Waals surface area contributed by atoms with Crippen molar-refractivity contribution >= 4 is 74.1 Å². The van der Waals surface area contributed by atoms with Crippen molar-refractivity contribution in [2.24, 2.45) is 11.3 Å². The summed E-state index contributed by atoms with van der Waals surface area (Å²) in [6, 6.07) is 19.3. The summed E-state index contributed by atoms with van der Waals surface area (Å²) in [5, 5.41) is 39.2. The van der Waals surface area contributed by atoms with Crippen LogP contribution in [0, 0.1) is 35.4 Å². The van der Waals surface area contributed by atoms with E-state index in [-0.39, 0.29) is 97.3 Å². The summed E-state index contributed by atoms with van der Waals surface area (Å²) in [6.45, 7) is 15.7. The lowest BCUT2D eigenvalue weighted by molar-refractivity contribution is -0.144. The van der Waals surface area contributed by atoms with Crippen molar-refractivity contribution in [3.8, 4) is 39.4 Å². The maximum Gasteiger partial charge on any atom is 0.319 e. The number of likely N-dealkylation sites (tertiary alicyclic amines) is 2. The number of aliphatic hydroxyl groups excluding tert-OH is 1. The number of benzene rings is 4. The number of hydrogen-bond acceptors (Lipinski definition) is 17. The number of fused-ring (bicyclic) bond motifs is 2. The van der Waals surface area contributed by atoms with Gasteiger partial charge in [-0.2, -0.15) is 15.2 Å². The Morgan fingerprint density at radius 2 is 1.72 bits per heavy atom. The molecule has 10 rings (SSSR count). The summed E-state index contributed by atoms with van der Waals surface area (Å²) in [4.78, 5) is 79.7. The highest BCUT2D eigenvalue weighted by atomic mass is 35.5. The molecule has 4 aromatic carbocycles. The van der Waals surface area contributed by atoms with E-state index in [1.807, 2.05) is 99.6 Å². The molecule has 4 N–H and O–H groups in total. The number of aromatic hydroxyl groups is 1. The molecule has 4 saturated heterocycles. The Morgan fingerprint density at radius 3 is 2.44 bits per heavy atom. The van der Waals surface area contributed by atoms with Gasteiger partial charge in [-0.25, -0.2) is 9.37 Å². The first kappa shape index (κ1) is 63.7. The normalized spacial score (nSPS) is 19.7. The molecule has 2 aromatic heterocycles. The third kappa shape index (κ3) is 15.0. The molecule has 0 spiro atoms. The average molecular weight is 1240 g/mol. The van der Waals surface area contributed by atoms with Crippen LogP contribution in [0.4, 0.5) is 10.2 Å². The highest BCUT2D eigenvalue weighted by molar-refractivity contribution is 7.13. The van der Waals surface area contributed by atoms with E-state index in [4.69, 9.17) is 30.8 Å². The van der Waals surface area contributed by atoms with E-state index in [0.717, 1.165) is 47.6 Å². The van der Waals surface area contributed by atoms with Gasteiger partial charge in [0, 0.05) is 75.8 Å². The van der Waals surface area contributed by atoms with Gasteiger partial charge in [-0.1, -0.05) is 87.0 Å². The number of piperazine rings is 1. The van der Waals surface area contributed by atoms with Gasteiger partial charge in [0.2, 0.25) is 23.6 Å². The molecule has 4 aliphatic heterocycles. The third-order valence-electron chi connectivity index (χ3n) is 17.1. The van der Waals surface area contributed by atoms with E-state index >= 15 is 4.39 Å². The zero-order valence-corrected chi connectivity index (χ0v) is 52.0. The molecule has 20 nitrogen and oxygen atoms in total. The van der Waals surface area contributed by atoms with Crippen LogP contribution in [0.15, 0.2) is 84.4 Å². The van der Waals surface area contributed by atoms with Crippen molar-refractivity contribution in [1.82, 2.24) is 45.2 Å². The number of aliphatic hydroxyl groups is 1. The molecule has 0 unspecified atom stereocenters. The standard InChI is InChI=1S/C65H77ClFN11O9S/c1-40(43-12-14-44(15-13-43)59-41(2)69-39-88-59)70-62(83)53-33-48(80)36-78(53)63(84)60(65(3,4)5)71-54(81)38-86-37-42-17-21-75(22-18-42)27-30-87-64-72-58-51(34-52(66)56(57(58)67)50-32-47(79)31-45-9-6-7-10-49(45)50)61(73-64)76-23-24-77(46(35-76)16-19-68)55(82)11-8-20-74-25-28-85-29-26-74/h6-15,31-32,34,39-40,42,46,48,53,60,79-80H,16-18,20-30,33,35-38H2,1-5H3,(H,70,83)(H,71,81)/b11-8+/t40-,46-,48+,53-,60+/m0/s1. The fourth-order valence-corrected chi connectivity index (χ4v) is 13.3. The van der Waals surface area contributed by atoms with Gasteiger partial charge >= 0.3 is 6.01 Å². The van der Waals surface area contributed by atoms with Gasteiger partial charge in [-0.3, -0.25) is 29.0 Å². The Morgan fingerprint density at radius 1 is 0.955 bits per heavy atom. The molecule has 0 aliphatic carbocycles. The zero-order valence-electron chi connectivity index (χ0n) is 50.4. The maximum atomic E-state index is 17.4. The van der Waals surface area contributed by atoms with E-state index in [2.05, 4.69) is 36.5 Å². The van der Waals surface area contributed by atoms with Crippen LogP contribution < -0.4 is 20.3 Å². The number of phenolic OH excluding ortho intramolecular Hbond substituents is 1. The van der Waals surface area contributed by atoms with Crippen molar-refractivity contribution < 1.29 is 48.0 Å². The molecule has 0 radical (unpaired) electrons. The quantitative estimate of drug-likeness (QED) is 0.0536. The number of aryl methyl sites for hydroxylation is 1. The minimum absolute atomic E-state index is 0.0449. The number of phenols is 1. The number of rotatable bonds is 20. The van der Waals surface area contributed by atoms with E-state index in [0.29, 0.717) is 80.1 Å². The van der Waals surface area contributed by atoms with Gasteiger partial charge < -0.3 is 49.8 Å². The molecule has 4 amide bonds. The monoisotopic (exact) mass is 1240 g/mol. The van der Waals surface area contributed by atoms with Crippen LogP contribution in [0.1, 0.15) is 70.7 Å². The predicted molar refractivity (Wildman–Crippen MR) is 335 cm³/mol. The lowest BCUT2D eigenvalue weighted by Gasteiger charge is -2.41. The van der Waals surface area contributed by atoms with Gasteiger partial charge in [0.05, 0.1) is 71.6 Å². The van der Waals surface area contributed by atoms with Gasteiger partial charge in [0.15, 0.2) is 5.82 Å². The highest BCUT2D eigenvalue weighted by Gasteiger charge is 2.45. The first-order chi connectivity index (χ1) is 42.3. The number of nitrogens with zero attached hydrogens (tertiary/aromatic N) is 9. The smallest absolute Gasteiger partial charge is 0.319 e. The van der Waals surface area contributed by atoms with Crippen LogP contribution in [0.2, 0.25) is 5.02 Å². The first-order valence-electron chi connectivity index (χ1n) is 30.2. The molecular formula is C65H77ClFN11O9S. The van der Waals surface area contributed by atoms with Crippen LogP contribution >= 0.6 is 22.9 Å². The molecular weight excluding hydrogens is 1170 g/mol. The number of amides is 4. The van der Waals surface area contributed by atoms with Crippen LogP contribution in [0.5, 0.6) is 11.8 Å². The second-order valence-electron chi connectivity index (χ2n) is 24.3. The maximum absolute atomic E-state index is 17.4. The molecule has 4 aliphatic rings. The van der Waals surface area contributed by atoms with Crippen molar-refractivity contribution in [2.75, 3.05) is 103 Å². The fourth-order valence-electron chi connectivity index (χ4n) is 12.2. The number of halogens is 2. The van der Waals surface area contributed by atoms with Gasteiger partial charge in [0.1, 0.15) is 42.4 Å². The molecule has 4 fully saturated rings. The second-order valence-corrected chi connectivity index (χ2v) is 25.6. The van der Waals surface area contributed by atoms with Crippen molar-refractivity contribution in [1.29, 1.82) is 5.26 Å². The summed E-state index contributed by atoms with van der Waals surface area (Å²) in [5.41, 5.74) is 4.32. The number of nitriles is 1. The summed E-state index contributed by atoms with van der Waals surface area (Å²) >= 11 is 8.59. The summed E-state index contributed by atoms with van der Waals surface area (Å²) in [6.07, 6.45) is 4.17. The topological polar surface area (TPSA) is 239 Å². The number of aromatic nitrogens is 3. The SMILES string of the molecule is Cc1ncsc1-c1ccc([C@H](C)NC(=O)[C@@H]2C[C@@H](O)CN2C(=O)[C@@H](NC(=O)COCC2CCN(CCOc3nc(N4CCN(C(=O)/C=C/CN5CCOCC5)[C@@H](CC#N)C4)c4cc(Cl)c(-c5cc(O)cc6ccccc56)c(F)c4n3)CC2)C(C)(C)C)cc1. The van der Waals surface area contributed by atoms with E-state index in [1.165, 1.54) is 11.0 Å². The molecule has 6 aromatic rings. The zero-order chi connectivity index (χ0) is 62.2. The molecule has 5 atom stereocenters. The van der Waals surface area contributed by atoms with Gasteiger partial charge in [0.25, 0.3) is 0 Å². The molecule has 0 saturated carbocycles. The molecule has 88 heavy (non-hydrogen) atoms. The predicted octanol–water partition coefficient (Wildman–Crippen LogP) is 7.68. The summed E-state index contributed by atoms with van der Waals surface area (Å²) in [7, 11) is 0. The minimum atomic E-state index is -1.00. The number of β-amino-alcohol motifs (C(OH)–C–C–N with tert-alkyl or cyclic N) is 1. The Hall–Kier alpha value is -7.36. The van der Waals surface area contributed by atoms with Crippen LogP contribution in [-0.4, -0.2) is 191 Å². The number of carbonyl (C=O) groups excluding carboxylic acids is 4. The lowest BCUT2D eigenvalue weighted by Crippen LogP contribution is -2.58. The number of hydrogen-bond donors (Lipinski definition) is 4. The highest BCUT2D eigenvalue weighted by Crippen LogP contribution is 2.43. The Kier molecular flexibility index (Phi) is 20.6. The van der Waals surface area contributed by atoms with Crippen molar-refractivity contribution in [3.05, 3.63) is 106 Å². The number of ether oxygens (including phenoxy) is 3. The summed E-state index contributed by atoms with van der Waals surface area (Å²) in [5.74, 6) is -1.81. The number of carbonyl (C=O) groups is 4. The average Bonchev–Trinajstić information content (AvgIpc) is 1.03. The Labute approximate surface area is 521 Å². The van der Waals surface area contributed by atoms with Gasteiger partial charge in [-0.15, -0.1) is 11.3 Å². The molecule has 23 heteroatoms. The van der Waals surface area contributed by atoms with Gasteiger partial charge in [-0.05, 0) is 96.8 Å². The lowest BCUT2D eigenvalue weighted by atomic mass is 9.85. The van der Waals surface area contributed by atoms with Crippen LogP contribution in [0.25, 0.3) is 43.2 Å². The second kappa shape index (κ2) is 28.4. The van der Waals surface area contributed by atoms with E-state index < -0.39 is 47.3 Å². The number of morpholine rings is 1. The minimum Gasteiger partial charge on any atom is -0.508 e. The van der Waals surface area contributed by atoms with E-state index in [9.17, 15) is 34.7 Å². The number of thiazole rings is 1. The number of nitrogens with one attached hydrogen (secondary N) is 2. The summed E-state index contributed by atoms with van der Waals surface area (Å²) < 4.78 is 35.2. The molecule has 0 bridgehead atoms. The van der Waals surface area contributed by atoms with E-state index in [1.54, 1.807) is 34.4 Å². The number of anilines is 1. The largest absolute Gasteiger partial charge is 0.508 e.